The van der Waals surface area contributed by atoms with E-state index in [0.29, 0.717) is 71.1 Å². The molecule has 1 aromatic heterocycles. The van der Waals surface area contributed by atoms with E-state index >= 15 is 0 Å². The highest BCUT2D eigenvalue weighted by Gasteiger charge is 2.15. The Morgan fingerprint density at radius 2 is 2.00 bits per heavy atom. The standard InChI is InChI=1S/C24H28ClN3O5/c1-4-30-22(29)7-5-6-12-31-17-9-10-18(19(25)14-17)23-27-24(33-28-23)16-8-11-21(20(26)13-16)32-15(2)3/h8-11,13-15H,4-7,12,26H2,1-3H3. The van der Waals surface area contributed by atoms with Crippen LogP contribution in [-0.4, -0.2) is 35.4 Å². The third-order valence-electron chi connectivity index (χ3n) is 4.58. The van der Waals surface area contributed by atoms with Gasteiger partial charge in [-0.25, -0.2) is 0 Å². The highest BCUT2D eigenvalue weighted by molar-refractivity contribution is 6.33. The van der Waals surface area contributed by atoms with Gasteiger partial charge in [0.15, 0.2) is 0 Å². The highest BCUT2D eigenvalue weighted by atomic mass is 35.5. The minimum atomic E-state index is -0.188. The summed E-state index contributed by atoms with van der Waals surface area (Å²) in [7, 11) is 0. The van der Waals surface area contributed by atoms with Crippen LogP contribution in [0.25, 0.3) is 22.8 Å². The molecule has 0 saturated carbocycles. The molecule has 0 radical (unpaired) electrons. The van der Waals surface area contributed by atoms with Crippen LogP contribution in [0.1, 0.15) is 40.0 Å². The number of unbranched alkanes of at least 4 members (excludes halogenated alkanes) is 1. The largest absolute Gasteiger partial charge is 0.494 e. The molecule has 0 saturated heterocycles. The van der Waals surface area contributed by atoms with Gasteiger partial charge in [-0.1, -0.05) is 16.8 Å². The van der Waals surface area contributed by atoms with Crippen molar-refractivity contribution in [1.82, 2.24) is 10.1 Å². The molecule has 0 spiro atoms. The summed E-state index contributed by atoms with van der Waals surface area (Å²) in [6.07, 6.45) is 1.84. The SMILES string of the molecule is CCOC(=O)CCCCOc1ccc(-c2noc(-c3ccc(OC(C)C)c(N)c3)n2)c(Cl)c1. The van der Waals surface area contributed by atoms with E-state index in [-0.39, 0.29) is 12.1 Å². The van der Waals surface area contributed by atoms with Gasteiger partial charge in [-0.15, -0.1) is 0 Å². The second-order valence-corrected chi connectivity index (χ2v) is 8.00. The number of rotatable bonds is 11. The maximum absolute atomic E-state index is 11.3. The smallest absolute Gasteiger partial charge is 0.305 e. The fraction of sp³-hybridized carbons (Fsp3) is 0.375. The number of halogens is 1. The molecule has 33 heavy (non-hydrogen) atoms. The number of hydrogen-bond acceptors (Lipinski definition) is 8. The normalized spacial score (nSPS) is 10.9. The van der Waals surface area contributed by atoms with Gasteiger partial charge in [-0.05, 0) is 70.0 Å². The number of esters is 1. The van der Waals surface area contributed by atoms with Gasteiger partial charge in [0.1, 0.15) is 11.5 Å². The fourth-order valence-electron chi connectivity index (χ4n) is 3.05. The Kier molecular flexibility index (Phi) is 8.54. The predicted molar refractivity (Wildman–Crippen MR) is 126 cm³/mol. The van der Waals surface area contributed by atoms with Crippen LogP contribution in [0.15, 0.2) is 40.9 Å². The molecule has 2 N–H and O–H groups in total. The topological polar surface area (TPSA) is 110 Å². The van der Waals surface area contributed by atoms with Crippen LogP contribution in [0.2, 0.25) is 5.02 Å². The minimum Gasteiger partial charge on any atom is -0.494 e. The van der Waals surface area contributed by atoms with Gasteiger partial charge >= 0.3 is 5.97 Å². The van der Waals surface area contributed by atoms with Crippen molar-refractivity contribution in [3.8, 4) is 34.3 Å². The van der Waals surface area contributed by atoms with E-state index < -0.39 is 0 Å². The summed E-state index contributed by atoms with van der Waals surface area (Å²) in [5.41, 5.74) is 7.87. The van der Waals surface area contributed by atoms with E-state index in [2.05, 4.69) is 10.1 Å². The van der Waals surface area contributed by atoms with Gasteiger partial charge in [0.2, 0.25) is 5.82 Å². The maximum atomic E-state index is 11.3. The summed E-state index contributed by atoms with van der Waals surface area (Å²) in [5.74, 6) is 1.72. The molecule has 0 atom stereocenters. The fourth-order valence-corrected chi connectivity index (χ4v) is 3.31. The quantitative estimate of drug-likeness (QED) is 0.219. The number of anilines is 1. The third-order valence-corrected chi connectivity index (χ3v) is 4.89. The second kappa shape index (κ2) is 11.6. The molecule has 8 nitrogen and oxygen atoms in total. The minimum absolute atomic E-state index is 0.0202. The van der Waals surface area contributed by atoms with Crippen LogP contribution in [-0.2, 0) is 9.53 Å². The first-order valence-corrected chi connectivity index (χ1v) is 11.2. The number of nitrogens with zero attached hydrogens (tertiary/aromatic N) is 2. The lowest BCUT2D eigenvalue weighted by Gasteiger charge is -2.12. The molecule has 3 aromatic rings. The molecule has 176 valence electrons. The second-order valence-electron chi connectivity index (χ2n) is 7.59. The third kappa shape index (κ3) is 6.86. The molecular formula is C24H28ClN3O5. The van der Waals surface area contributed by atoms with Gasteiger partial charge in [-0.2, -0.15) is 4.98 Å². The molecule has 0 fully saturated rings. The summed E-state index contributed by atoms with van der Waals surface area (Å²) in [6, 6.07) is 10.6. The number of nitrogens with two attached hydrogens (primary N) is 1. The zero-order chi connectivity index (χ0) is 23.8. The van der Waals surface area contributed by atoms with E-state index in [0.717, 1.165) is 6.42 Å². The van der Waals surface area contributed by atoms with Crippen molar-refractivity contribution >= 4 is 23.3 Å². The molecule has 0 aliphatic carbocycles. The Labute approximate surface area is 198 Å². The first kappa shape index (κ1) is 24.4. The Hall–Kier alpha value is -3.26. The first-order valence-electron chi connectivity index (χ1n) is 10.9. The number of carbonyl (C=O) groups excluding carboxylic acids is 1. The van der Waals surface area contributed by atoms with Crippen molar-refractivity contribution in [3.05, 3.63) is 41.4 Å². The van der Waals surface area contributed by atoms with Gasteiger partial charge in [0, 0.05) is 17.5 Å². The maximum Gasteiger partial charge on any atom is 0.305 e. The van der Waals surface area contributed by atoms with Crippen molar-refractivity contribution in [2.75, 3.05) is 18.9 Å². The lowest BCUT2D eigenvalue weighted by Crippen LogP contribution is -2.07. The number of benzene rings is 2. The van der Waals surface area contributed by atoms with Crippen LogP contribution in [0.4, 0.5) is 5.69 Å². The van der Waals surface area contributed by atoms with E-state index in [1.54, 1.807) is 37.3 Å². The Morgan fingerprint density at radius 1 is 1.18 bits per heavy atom. The van der Waals surface area contributed by atoms with Gasteiger partial charge in [-0.3, -0.25) is 4.79 Å². The summed E-state index contributed by atoms with van der Waals surface area (Å²) in [4.78, 5) is 15.8. The Balaban J connectivity index is 1.61. The van der Waals surface area contributed by atoms with Crippen molar-refractivity contribution in [1.29, 1.82) is 0 Å². The first-order chi connectivity index (χ1) is 15.9. The molecule has 0 unspecified atom stereocenters. The lowest BCUT2D eigenvalue weighted by molar-refractivity contribution is -0.143. The molecule has 0 aliphatic rings. The number of ether oxygens (including phenoxy) is 3. The number of carbonyl (C=O) groups is 1. The van der Waals surface area contributed by atoms with Crippen LogP contribution in [0.5, 0.6) is 11.5 Å². The zero-order valence-electron chi connectivity index (χ0n) is 19.0. The van der Waals surface area contributed by atoms with Crippen molar-refractivity contribution in [3.63, 3.8) is 0 Å². The molecule has 9 heteroatoms. The van der Waals surface area contributed by atoms with Crippen LogP contribution >= 0.6 is 11.6 Å². The number of hydrogen-bond donors (Lipinski definition) is 1. The predicted octanol–water partition coefficient (Wildman–Crippen LogP) is 5.54. The summed E-state index contributed by atoms with van der Waals surface area (Å²) >= 11 is 6.43. The van der Waals surface area contributed by atoms with E-state index in [1.165, 1.54) is 0 Å². The number of nitrogen functional groups attached to an aromatic ring is 1. The van der Waals surface area contributed by atoms with Crippen molar-refractivity contribution in [2.24, 2.45) is 0 Å². The Morgan fingerprint density at radius 3 is 2.70 bits per heavy atom. The van der Waals surface area contributed by atoms with E-state index in [9.17, 15) is 4.79 Å². The summed E-state index contributed by atoms with van der Waals surface area (Å²) in [5, 5.41) is 4.48. The van der Waals surface area contributed by atoms with Gasteiger partial charge < -0.3 is 24.5 Å². The molecular weight excluding hydrogens is 446 g/mol. The average Bonchev–Trinajstić information content (AvgIpc) is 3.25. The molecule has 3 rings (SSSR count). The molecule has 2 aromatic carbocycles. The summed E-state index contributed by atoms with van der Waals surface area (Å²) < 4.78 is 21.7. The molecule has 0 amide bonds. The molecule has 0 aliphatic heterocycles. The summed E-state index contributed by atoms with van der Waals surface area (Å²) in [6.45, 7) is 6.53. The number of aromatic nitrogens is 2. The molecule has 0 bridgehead atoms. The van der Waals surface area contributed by atoms with Crippen molar-refractivity contribution in [2.45, 2.75) is 46.1 Å². The van der Waals surface area contributed by atoms with Crippen LogP contribution < -0.4 is 15.2 Å². The zero-order valence-corrected chi connectivity index (χ0v) is 19.7. The van der Waals surface area contributed by atoms with Gasteiger partial charge in [0.25, 0.3) is 5.89 Å². The molecule has 1 heterocycles. The monoisotopic (exact) mass is 473 g/mol. The van der Waals surface area contributed by atoms with Crippen molar-refractivity contribution < 1.29 is 23.5 Å². The van der Waals surface area contributed by atoms with Gasteiger partial charge in [0.05, 0.1) is 30.0 Å². The van der Waals surface area contributed by atoms with Crippen LogP contribution in [0.3, 0.4) is 0 Å². The van der Waals surface area contributed by atoms with Crippen LogP contribution in [0, 0.1) is 0 Å². The van der Waals surface area contributed by atoms with E-state index in [4.69, 9.17) is 36.1 Å². The Bertz CT molecular complexity index is 1080. The average molecular weight is 474 g/mol. The lowest BCUT2D eigenvalue weighted by atomic mass is 10.1. The van der Waals surface area contributed by atoms with E-state index in [1.807, 2.05) is 19.9 Å². The highest BCUT2D eigenvalue weighted by Crippen LogP contribution is 2.33.